The molecule has 1 aromatic rings. The lowest BCUT2D eigenvalue weighted by Crippen LogP contribution is -2.29. The summed E-state index contributed by atoms with van der Waals surface area (Å²) in [7, 11) is 3.78. The third-order valence-electron chi connectivity index (χ3n) is 3.86. The topological polar surface area (TPSA) is 71.1 Å². The molecule has 0 amide bonds. The summed E-state index contributed by atoms with van der Waals surface area (Å²) in [5.41, 5.74) is 7.09. The first-order valence-corrected chi connectivity index (χ1v) is 6.85. The Morgan fingerprint density at radius 3 is 2.55 bits per heavy atom. The second-order valence-corrected chi connectivity index (χ2v) is 5.79. The maximum Gasteiger partial charge on any atom is 0.139 e. The fourth-order valence-corrected chi connectivity index (χ4v) is 2.66. The van der Waals surface area contributed by atoms with Crippen molar-refractivity contribution in [1.82, 2.24) is 4.90 Å². The number of nitrogens with two attached hydrogens (primary N) is 1. The molecule has 0 heterocycles. The molecule has 0 saturated heterocycles. The van der Waals surface area contributed by atoms with Gasteiger partial charge in [-0.2, -0.15) is 0 Å². The van der Waals surface area contributed by atoms with Crippen LogP contribution in [-0.2, 0) is 6.54 Å². The Morgan fingerprint density at radius 1 is 1.40 bits per heavy atom. The van der Waals surface area contributed by atoms with E-state index in [2.05, 4.69) is 29.2 Å². The van der Waals surface area contributed by atoms with Crippen molar-refractivity contribution in [2.75, 3.05) is 20.7 Å². The van der Waals surface area contributed by atoms with Crippen LogP contribution in [0.15, 0.2) is 29.4 Å². The second-order valence-electron chi connectivity index (χ2n) is 5.79. The Hall–Kier alpha value is -1.75. The van der Waals surface area contributed by atoms with Crippen LogP contribution >= 0.6 is 0 Å². The van der Waals surface area contributed by atoms with Crippen molar-refractivity contribution >= 4 is 5.84 Å². The van der Waals surface area contributed by atoms with Crippen LogP contribution in [0.5, 0.6) is 5.75 Å². The molecule has 3 N–H and O–H groups in total. The number of oxime groups is 1. The highest BCUT2D eigenvalue weighted by Gasteiger charge is 2.43. The van der Waals surface area contributed by atoms with Gasteiger partial charge in [0.2, 0.25) is 0 Å². The maximum absolute atomic E-state index is 8.68. The first kappa shape index (κ1) is 14.7. The van der Waals surface area contributed by atoms with Crippen LogP contribution in [0.1, 0.15) is 24.8 Å². The third kappa shape index (κ3) is 3.87. The van der Waals surface area contributed by atoms with Gasteiger partial charge in [-0.3, -0.25) is 0 Å². The quantitative estimate of drug-likeness (QED) is 0.346. The number of hydrogen-bond donors (Lipinski definition) is 2. The molecule has 20 heavy (non-hydrogen) atoms. The molecule has 1 aliphatic rings. The van der Waals surface area contributed by atoms with Gasteiger partial charge >= 0.3 is 0 Å². The van der Waals surface area contributed by atoms with Crippen LogP contribution < -0.4 is 10.5 Å². The van der Waals surface area contributed by atoms with E-state index in [0.717, 1.165) is 31.7 Å². The van der Waals surface area contributed by atoms with Crippen molar-refractivity contribution in [2.24, 2.45) is 16.3 Å². The van der Waals surface area contributed by atoms with Gasteiger partial charge in [0.15, 0.2) is 0 Å². The molecule has 0 atom stereocenters. The van der Waals surface area contributed by atoms with E-state index in [4.69, 9.17) is 15.7 Å². The average molecular weight is 277 g/mol. The molecule has 1 aliphatic carbocycles. The highest BCUT2D eigenvalue weighted by Crippen LogP contribution is 2.49. The van der Waals surface area contributed by atoms with Crippen molar-refractivity contribution < 1.29 is 9.94 Å². The summed E-state index contributed by atoms with van der Waals surface area (Å²) in [5, 5.41) is 11.8. The molecule has 0 radical (unpaired) electrons. The van der Waals surface area contributed by atoms with Gasteiger partial charge in [-0.1, -0.05) is 17.3 Å². The van der Waals surface area contributed by atoms with Gasteiger partial charge < -0.3 is 20.6 Å². The lowest BCUT2D eigenvalue weighted by molar-refractivity contribution is 0.256. The monoisotopic (exact) mass is 277 g/mol. The molecule has 0 spiro atoms. The number of amidine groups is 1. The van der Waals surface area contributed by atoms with Crippen molar-refractivity contribution in [3.8, 4) is 5.75 Å². The molecule has 0 unspecified atom stereocenters. The van der Waals surface area contributed by atoms with Crippen LogP contribution in [0.25, 0.3) is 0 Å². The molecule has 1 fully saturated rings. The number of nitrogens with zero attached hydrogens (tertiary/aromatic N) is 2. The van der Waals surface area contributed by atoms with E-state index in [9.17, 15) is 0 Å². The summed E-state index contributed by atoms with van der Waals surface area (Å²) in [6.07, 6.45) is 2.97. The minimum atomic E-state index is 0.206. The summed E-state index contributed by atoms with van der Waals surface area (Å²) < 4.78 is 5.16. The molecule has 2 rings (SSSR count). The molecule has 1 saturated carbocycles. The van der Waals surface area contributed by atoms with Crippen LogP contribution in [-0.4, -0.2) is 36.6 Å². The van der Waals surface area contributed by atoms with Crippen LogP contribution in [0.2, 0.25) is 0 Å². The van der Waals surface area contributed by atoms with Crippen molar-refractivity contribution in [2.45, 2.75) is 25.8 Å². The largest absolute Gasteiger partial charge is 0.497 e. The zero-order valence-corrected chi connectivity index (χ0v) is 12.2. The van der Waals surface area contributed by atoms with E-state index >= 15 is 0 Å². The molecule has 0 bridgehead atoms. The van der Waals surface area contributed by atoms with Gasteiger partial charge in [0.1, 0.15) is 11.6 Å². The van der Waals surface area contributed by atoms with Crippen molar-refractivity contribution in [3.05, 3.63) is 29.8 Å². The third-order valence-corrected chi connectivity index (χ3v) is 3.86. The second kappa shape index (κ2) is 6.13. The Morgan fingerprint density at radius 2 is 2.05 bits per heavy atom. The lowest BCUT2D eigenvalue weighted by Gasteiger charge is -2.23. The van der Waals surface area contributed by atoms with E-state index < -0.39 is 0 Å². The Kier molecular flexibility index (Phi) is 4.49. The van der Waals surface area contributed by atoms with Gasteiger partial charge in [0, 0.05) is 19.5 Å². The summed E-state index contributed by atoms with van der Waals surface area (Å²) >= 11 is 0. The number of hydrogen-bond acceptors (Lipinski definition) is 4. The average Bonchev–Trinajstić information content (AvgIpc) is 3.18. The van der Waals surface area contributed by atoms with Crippen molar-refractivity contribution in [3.63, 3.8) is 0 Å². The fourth-order valence-electron chi connectivity index (χ4n) is 2.66. The molecular weight excluding hydrogens is 254 g/mol. The highest BCUT2D eigenvalue weighted by molar-refractivity contribution is 5.80. The summed E-state index contributed by atoms with van der Waals surface area (Å²) in [4.78, 5) is 2.29. The molecule has 0 aliphatic heterocycles. The highest BCUT2D eigenvalue weighted by atomic mass is 16.5. The number of ether oxygens (including phenoxy) is 1. The van der Waals surface area contributed by atoms with E-state index in [1.165, 1.54) is 5.56 Å². The predicted molar refractivity (Wildman–Crippen MR) is 79.0 cm³/mol. The first-order valence-electron chi connectivity index (χ1n) is 6.85. The Balaban J connectivity index is 1.87. The van der Waals surface area contributed by atoms with Crippen LogP contribution in [0.3, 0.4) is 0 Å². The minimum Gasteiger partial charge on any atom is -0.497 e. The predicted octanol–water partition coefficient (Wildman–Crippen LogP) is 2.04. The molecular formula is C15H23N3O2. The Bertz CT molecular complexity index is 467. The van der Waals surface area contributed by atoms with Crippen LogP contribution in [0.4, 0.5) is 0 Å². The molecule has 110 valence electrons. The smallest absolute Gasteiger partial charge is 0.139 e. The molecule has 5 nitrogen and oxygen atoms in total. The minimum absolute atomic E-state index is 0.206. The maximum atomic E-state index is 8.68. The summed E-state index contributed by atoms with van der Waals surface area (Å²) in [6.45, 7) is 1.86. The lowest BCUT2D eigenvalue weighted by atomic mass is 10.0. The zero-order chi connectivity index (χ0) is 14.6. The van der Waals surface area contributed by atoms with Gasteiger partial charge in [-0.25, -0.2) is 0 Å². The van der Waals surface area contributed by atoms with Gasteiger partial charge in [-0.05, 0) is 43.0 Å². The summed E-state index contributed by atoms with van der Waals surface area (Å²) in [5.74, 6) is 1.21. The van der Waals surface area contributed by atoms with E-state index in [0.29, 0.717) is 12.3 Å². The summed E-state index contributed by atoms with van der Waals surface area (Å²) in [6, 6.07) is 8.12. The van der Waals surface area contributed by atoms with Gasteiger partial charge in [0.05, 0.1) is 7.11 Å². The number of methoxy groups -OCH3 is 1. The standard InChI is InChI=1S/C15H23N3O2/c1-18(10-12-3-5-13(20-2)6-4-12)11-15(7-8-15)9-14(16)17-19/h3-6,19H,7-11H2,1-2H3,(H2,16,17). The number of rotatable bonds is 7. The molecule has 1 aromatic carbocycles. The molecule has 5 heteroatoms. The van der Waals surface area contributed by atoms with Crippen LogP contribution in [0, 0.1) is 5.41 Å². The normalized spacial score (nSPS) is 17.2. The Labute approximate surface area is 120 Å². The van der Waals surface area contributed by atoms with E-state index in [1.807, 2.05) is 12.1 Å². The van der Waals surface area contributed by atoms with Gasteiger partial charge in [-0.15, -0.1) is 0 Å². The fraction of sp³-hybridized carbons (Fsp3) is 0.533. The zero-order valence-electron chi connectivity index (χ0n) is 12.2. The first-order chi connectivity index (χ1) is 9.57. The van der Waals surface area contributed by atoms with E-state index in [-0.39, 0.29) is 5.41 Å². The van der Waals surface area contributed by atoms with Crippen molar-refractivity contribution in [1.29, 1.82) is 0 Å². The molecule has 0 aromatic heterocycles. The van der Waals surface area contributed by atoms with E-state index in [1.54, 1.807) is 7.11 Å². The number of benzene rings is 1. The van der Waals surface area contributed by atoms with Gasteiger partial charge in [0.25, 0.3) is 0 Å². The SMILES string of the molecule is COc1ccc(CN(C)CC2(CC(N)=NO)CC2)cc1.